The Hall–Kier alpha value is -1.40. The predicted molar refractivity (Wildman–Crippen MR) is 88.0 cm³/mol. The number of nitrogens with one attached hydrogen (secondary N) is 1. The Labute approximate surface area is 138 Å². The van der Waals surface area contributed by atoms with Crippen LogP contribution >= 0.6 is 0 Å². The van der Waals surface area contributed by atoms with Crippen LogP contribution in [0.3, 0.4) is 0 Å². The van der Waals surface area contributed by atoms with Gasteiger partial charge in [0.1, 0.15) is 5.76 Å². The first-order valence-electron chi connectivity index (χ1n) is 8.75. The van der Waals surface area contributed by atoms with Crippen LogP contribution in [0.1, 0.15) is 36.6 Å². The summed E-state index contributed by atoms with van der Waals surface area (Å²) in [5.41, 5.74) is 0.968. The molecule has 2 aliphatic heterocycles. The Morgan fingerprint density at radius 1 is 1.30 bits per heavy atom. The summed E-state index contributed by atoms with van der Waals surface area (Å²) in [4.78, 5) is 21.1. The molecule has 23 heavy (non-hydrogen) atoms. The van der Waals surface area contributed by atoms with Gasteiger partial charge in [-0.15, -0.1) is 0 Å². The topological polar surface area (TPSA) is 61.6 Å². The van der Waals surface area contributed by atoms with Gasteiger partial charge in [-0.2, -0.15) is 0 Å². The highest BCUT2D eigenvalue weighted by molar-refractivity contribution is 5.76. The molecule has 2 aliphatic rings. The van der Waals surface area contributed by atoms with E-state index in [1.165, 1.54) is 6.42 Å². The van der Waals surface area contributed by atoms with Crippen molar-refractivity contribution in [2.75, 3.05) is 39.3 Å². The first-order valence-corrected chi connectivity index (χ1v) is 8.75. The van der Waals surface area contributed by atoms with Gasteiger partial charge < -0.3 is 14.6 Å². The fourth-order valence-electron chi connectivity index (χ4n) is 3.40. The van der Waals surface area contributed by atoms with Crippen LogP contribution in [0, 0.1) is 19.8 Å². The maximum Gasteiger partial charge on any atom is 0.222 e. The van der Waals surface area contributed by atoms with Crippen molar-refractivity contribution in [3.05, 3.63) is 17.3 Å². The lowest BCUT2D eigenvalue weighted by Gasteiger charge is -2.34. The number of piperazine rings is 1. The van der Waals surface area contributed by atoms with E-state index in [0.717, 1.165) is 69.6 Å². The molecule has 0 spiro atoms. The largest absolute Gasteiger partial charge is 0.444 e. The minimum atomic E-state index is 0.319. The second kappa shape index (κ2) is 7.45. The zero-order valence-electron chi connectivity index (χ0n) is 14.3. The van der Waals surface area contributed by atoms with Gasteiger partial charge in [0.25, 0.3) is 0 Å². The highest BCUT2D eigenvalue weighted by atomic mass is 16.4. The van der Waals surface area contributed by atoms with E-state index >= 15 is 0 Å². The molecule has 1 unspecified atom stereocenters. The summed E-state index contributed by atoms with van der Waals surface area (Å²) in [5, 5.41) is 3.36. The summed E-state index contributed by atoms with van der Waals surface area (Å²) in [6, 6.07) is 0. The van der Waals surface area contributed by atoms with Crippen LogP contribution in [0.5, 0.6) is 0 Å². The van der Waals surface area contributed by atoms with Crippen LogP contribution in [0.4, 0.5) is 0 Å². The Morgan fingerprint density at radius 2 is 2.09 bits per heavy atom. The van der Waals surface area contributed by atoms with E-state index in [9.17, 15) is 4.79 Å². The molecule has 128 valence electrons. The number of hydrogen-bond acceptors (Lipinski definition) is 5. The van der Waals surface area contributed by atoms with Gasteiger partial charge in [0.2, 0.25) is 11.8 Å². The maximum absolute atomic E-state index is 12.3. The molecule has 1 N–H and O–H groups in total. The number of carbonyl (C=O) groups is 1. The molecule has 6 heteroatoms. The minimum absolute atomic E-state index is 0.319. The van der Waals surface area contributed by atoms with Crippen molar-refractivity contribution < 1.29 is 9.21 Å². The van der Waals surface area contributed by atoms with Crippen LogP contribution in [0.2, 0.25) is 0 Å². The molecular formula is C17H28N4O2. The third-order valence-electron chi connectivity index (χ3n) is 5.09. The van der Waals surface area contributed by atoms with Crippen molar-refractivity contribution in [2.45, 2.75) is 39.7 Å². The van der Waals surface area contributed by atoms with E-state index in [2.05, 4.69) is 15.2 Å². The fraction of sp³-hybridized carbons (Fsp3) is 0.765. The van der Waals surface area contributed by atoms with Gasteiger partial charge in [0, 0.05) is 32.6 Å². The molecule has 3 rings (SSSR count). The number of amides is 1. The van der Waals surface area contributed by atoms with Gasteiger partial charge in [-0.1, -0.05) is 0 Å². The van der Waals surface area contributed by atoms with Crippen molar-refractivity contribution >= 4 is 5.91 Å². The van der Waals surface area contributed by atoms with E-state index in [0.29, 0.717) is 18.2 Å². The average Bonchev–Trinajstić information content (AvgIpc) is 3.16. The first-order chi connectivity index (χ1) is 11.1. The average molecular weight is 320 g/mol. The Balaban J connectivity index is 1.39. The lowest BCUT2D eigenvalue weighted by molar-refractivity contribution is -0.133. The summed E-state index contributed by atoms with van der Waals surface area (Å²) in [5.74, 6) is 2.69. The molecule has 1 atom stereocenters. The van der Waals surface area contributed by atoms with Crippen LogP contribution in [0.25, 0.3) is 0 Å². The van der Waals surface area contributed by atoms with Crippen LogP contribution in [-0.4, -0.2) is 60.0 Å². The smallest absolute Gasteiger partial charge is 0.222 e. The first kappa shape index (κ1) is 16.5. The van der Waals surface area contributed by atoms with E-state index in [-0.39, 0.29) is 0 Å². The van der Waals surface area contributed by atoms with E-state index in [4.69, 9.17) is 4.42 Å². The van der Waals surface area contributed by atoms with Crippen LogP contribution in [-0.2, 0) is 11.3 Å². The lowest BCUT2D eigenvalue weighted by Crippen LogP contribution is -2.48. The van der Waals surface area contributed by atoms with Crippen molar-refractivity contribution in [3.8, 4) is 0 Å². The zero-order chi connectivity index (χ0) is 16.2. The van der Waals surface area contributed by atoms with Crippen molar-refractivity contribution in [1.29, 1.82) is 0 Å². The second-order valence-electron chi connectivity index (χ2n) is 6.80. The molecular weight excluding hydrogens is 292 g/mol. The third kappa shape index (κ3) is 4.32. The molecule has 0 radical (unpaired) electrons. The lowest BCUT2D eigenvalue weighted by atomic mass is 10.0. The molecule has 0 aliphatic carbocycles. The summed E-state index contributed by atoms with van der Waals surface area (Å²) in [6.07, 6.45) is 2.95. The van der Waals surface area contributed by atoms with Gasteiger partial charge in [0.05, 0.1) is 12.2 Å². The number of nitrogens with zero attached hydrogens (tertiary/aromatic N) is 3. The Morgan fingerprint density at radius 3 is 2.70 bits per heavy atom. The van der Waals surface area contributed by atoms with Gasteiger partial charge in [-0.25, -0.2) is 4.98 Å². The molecule has 2 saturated heterocycles. The quantitative estimate of drug-likeness (QED) is 0.887. The SMILES string of the molecule is Cc1nc(CN2CCN(C(=O)CCC3CCNC3)CC2)oc1C. The molecule has 3 heterocycles. The number of aryl methyl sites for hydroxylation is 2. The molecule has 0 bridgehead atoms. The molecule has 0 aromatic carbocycles. The third-order valence-corrected chi connectivity index (χ3v) is 5.09. The van der Waals surface area contributed by atoms with Crippen LogP contribution < -0.4 is 5.32 Å². The number of carbonyl (C=O) groups excluding carboxylic acids is 1. The summed E-state index contributed by atoms with van der Waals surface area (Å²) >= 11 is 0. The number of oxazole rings is 1. The van der Waals surface area contributed by atoms with Gasteiger partial charge >= 0.3 is 0 Å². The van der Waals surface area contributed by atoms with E-state index in [1.54, 1.807) is 0 Å². The minimum Gasteiger partial charge on any atom is -0.444 e. The monoisotopic (exact) mass is 320 g/mol. The van der Waals surface area contributed by atoms with E-state index < -0.39 is 0 Å². The van der Waals surface area contributed by atoms with Gasteiger partial charge in [-0.05, 0) is 45.7 Å². The second-order valence-corrected chi connectivity index (χ2v) is 6.80. The fourth-order valence-corrected chi connectivity index (χ4v) is 3.40. The molecule has 1 aromatic heterocycles. The van der Waals surface area contributed by atoms with Crippen molar-refractivity contribution in [2.24, 2.45) is 5.92 Å². The number of rotatable bonds is 5. The summed E-state index contributed by atoms with van der Waals surface area (Å²) in [6.45, 7) is 10.3. The van der Waals surface area contributed by atoms with E-state index in [1.807, 2.05) is 18.7 Å². The summed E-state index contributed by atoms with van der Waals surface area (Å²) in [7, 11) is 0. The molecule has 1 amide bonds. The standard InChI is InChI=1S/C17H28N4O2/c1-13-14(2)23-16(19-13)12-20-7-9-21(10-8-20)17(22)4-3-15-5-6-18-11-15/h15,18H,3-12H2,1-2H3. The van der Waals surface area contributed by atoms with Crippen molar-refractivity contribution in [1.82, 2.24) is 20.1 Å². The van der Waals surface area contributed by atoms with Gasteiger partial charge in [-0.3, -0.25) is 9.69 Å². The molecule has 2 fully saturated rings. The predicted octanol–water partition coefficient (Wildman–Crippen LogP) is 1.33. The Kier molecular flexibility index (Phi) is 5.33. The number of aromatic nitrogens is 1. The van der Waals surface area contributed by atoms with Crippen molar-refractivity contribution in [3.63, 3.8) is 0 Å². The van der Waals surface area contributed by atoms with Gasteiger partial charge in [0.15, 0.2) is 0 Å². The van der Waals surface area contributed by atoms with Crippen LogP contribution in [0.15, 0.2) is 4.42 Å². The maximum atomic E-state index is 12.3. The normalized spacial score (nSPS) is 22.7. The molecule has 6 nitrogen and oxygen atoms in total. The molecule has 1 aromatic rings. The molecule has 0 saturated carbocycles. The number of hydrogen-bond donors (Lipinski definition) is 1. The Bertz CT molecular complexity index is 509. The summed E-state index contributed by atoms with van der Waals surface area (Å²) < 4.78 is 5.65. The highest BCUT2D eigenvalue weighted by Crippen LogP contribution is 2.16. The highest BCUT2D eigenvalue weighted by Gasteiger charge is 2.23. The zero-order valence-corrected chi connectivity index (χ0v) is 14.3.